The van der Waals surface area contributed by atoms with Gasteiger partial charge in [0.25, 0.3) is 5.91 Å². The second-order valence-electron chi connectivity index (χ2n) is 6.40. The van der Waals surface area contributed by atoms with Crippen molar-refractivity contribution in [1.29, 1.82) is 0 Å². The van der Waals surface area contributed by atoms with Gasteiger partial charge in [0.05, 0.1) is 24.9 Å². The van der Waals surface area contributed by atoms with Gasteiger partial charge in [-0.3, -0.25) is 10.1 Å². The smallest absolute Gasteiger partial charge is 0.410 e. The van der Waals surface area contributed by atoms with Crippen molar-refractivity contribution in [3.63, 3.8) is 0 Å². The molecule has 0 unspecified atom stereocenters. The Hall–Kier alpha value is -2.61. The zero-order chi connectivity index (χ0) is 19.4. The molecule has 27 heavy (non-hydrogen) atoms. The van der Waals surface area contributed by atoms with Gasteiger partial charge in [0.2, 0.25) is 0 Å². The Labute approximate surface area is 162 Å². The lowest BCUT2D eigenvalue weighted by Crippen LogP contribution is -2.35. The Morgan fingerprint density at radius 2 is 2.04 bits per heavy atom. The number of nitrogens with zero attached hydrogens (tertiary/aromatic N) is 2. The van der Waals surface area contributed by atoms with Crippen molar-refractivity contribution in [3.8, 4) is 5.75 Å². The van der Waals surface area contributed by atoms with Gasteiger partial charge in [0.1, 0.15) is 5.75 Å². The molecule has 0 aliphatic carbocycles. The fraction of sp³-hybridized carbons (Fsp3) is 0.421. The Kier molecular flexibility index (Phi) is 5.95. The SMILES string of the molecule is CCOC(=O)N1CCc2nc(NC(=O)c3ccc(OC(C)C)cc3)sc2C1. The molecule has 8 heteroatoms. The molecule has 2 heterocycles. The molecule has 1 aromatic carbocycles. The molecule has 0 saturated carbocycles. The molecule has 0 radical (unpaired) electrons. The summed E-state index contributed by atoms with van der Waals surface area (Å²) in [5.74, 6) is 0.504. The van der Waals surface area contributed by atoms with Crippen LogP contribution in [0.2, 0.25) is 0 Å². The number of thiazole rings is 1. The topological polar surface area (TPSA) is 80.8 Å². The highest BCUT2D eigenvalue weighted by atomic mass is 32.1. The average molecular weight is 389 g/mol. The van der Waals surface area contributed by atoms with Crippen LogP contribution in [0.4, 0.5) is 9.93 Å². The summed E-state index contributed by atoms with van der Waals surface area (Å²) in [5, 5.41) is 3.38. The highest BCUT2D eigenvalue weighted by molar-refractivity contribution is 7.15. The van der Waals surface area contributed by atoms with Gasteiger partial charge in [-0.25, -0.2) is 9.78 Å². The number of fused-ring (bicyclic) bond motifs is 1. The van der Waals surface area contributed by atoms with E-state index in [-0.39, 0.29) is 18.1 Å². The van der Waals surface area contributed by atoms with E-state index in [9.17, 15) is 9.59 Å². The van der Waals surface area contributed by atoms with Crippen LogP contribution < -0.4 is 10.1 Å². The van der Waals surface area contributed by atoms with E-state index in [1.165, 1.54) is 11.3 Å². The average Bonchev–Trinajstić information content (AvgIpc) is 3.03. The Balaban J connectivity index is 1.64. The summed E-state index contributed by atoms with van der Waals surface area (Å²) in [6.07, 6.45) is 0.424. The standard InChI is InChI=1S/C19H23N3O4S/c1-4-25-19(24)22-10-9-15-16(11-22)27-18(20-15)21-17(23)13-5-7-14(8-6-13)26-12(2)3/h5-8,12H,4,9-11H2,1-3H3,(H,20,21,23). The van der Waals surface area contributed by atoms with Crippen molar-refractivity contribution in [1.82, 2.24) is 9.88 Å². The predicted molar refractivity (Wildman–Crippen MR) is 103 cm³/mol. The number of aromatic nitrogens is 1. The summed E-state index contributed by atoms with van der Waals surface area (Å²) in [7, 11) is 0. The van der Waals surface area contributed by atoms with E-state index in [0.717, 1.165) is 16.3 Å². The lowest BCUT2D eigenvalue weighted by atomic mass is 10.2. The maximum absolute atomic E-state index is 12.4. The minimum absolute atomic E-state index is 0.0838. The summed E-state index contributed by atoms with van der Waals surface area (Å²) in [6, 6.07) is 7.00. The van der Waals surface area contributed by atoms with Crippen LogP contribution in [-0.2, 0) is 17.7 Å². The van der Waals surface area contributed by atoms with Crippen molar-refractivity contribution in [3.05, 3.63) is 40.4 Å². The number of hydrogen-bond donors (Lipinski definition) is 1. The van der Waals surface area contributed by atoms with Crippen LogP contribution in [0.25, 0.3) is 0 Å². The number of carbonyl (C=O) groups is 2. The van der Waals surface area contributed by atoms with Crippen LogP contribution in [0, 0.1) is 0 Å². The van der Waals surface area contributed by atoms with Gasteiger partial charge in [0.15, 0.2) is 5.13 Å². The lowest BCUT2D eigenvalue weighted by molar-refractivity contribution is 0.102. The van der Waals surface area contributed by atoms with Crippen LogP contribution in [0.5, 0.6) is 5.75 Å². The highest BCUT2D eigenvalue weighted by Crippen LogP contribution is 2.29. The molecule has 0 saturated heterocycles. The molecule has 2 aromatic rings. The molecule has 144 valence electrons. The molecule has 1 aliphatic rings. The first kappa shape index (κ1) is 19.2. The fourth-order valence-corrected chi connectivity index (χ4v) is 3.76. The minimum atomic E-state index is -0.314. The van der Waals surface area contributed by atoms with Gasteiger partial charge >= 0.3 is 6.09 Å². The van der Waals surface area contributed by atoms with E-state index in [1.807, 2.05) is 13.8 Å². The van der Waals surface area contributed by atoms with E-state index < -0.39 is 0 Å². The zero-order valence-electron chi connectivity index (χ0n) is 15.7. The van der Waals surface area contributed by atoms with Crippen LogP contribution >= 0.6 is 11.3 Å². The van der Waals surface area contributed by atoms with Gasteiger partial charge in [-0.05, 0) is 45.0 Å². The second-order valence-corrected chi connectivity index (χ2v) is 7.49. The van der Waals surface area contributed by atoms with E-state index in [1.54, 1.807) is 36.1 Å². The molecule has 7 nitrogen and oxygen atoms in total. The number of anilines is 1. The Morgan fingerprint density at radius 3 is 2.70 bits per heavy atom. The molecule has 1 N–H and O–H groups in total. The van der Waals surface area contributed by atoms with Crippen LogP contribution in [0.15, 0.2) is 24.3 Å². The molecule has 1 aliphatic heterocycles. The number of rotatable bonds is 5. The lowest BCUT2D eigenvalue weighted by Gasteiger charge is -2.24. The molecule has 1 aromatic heterocycles. The van der Waals surface area contributed by atoms with Crippen molar-refractivity contribution in [2.75, 3.05) is 18.5 Å². The van der Waals surface area contributed by atoms with Crippen molar-refractivity contribution >= 4 is 28.5 Å². The molecule has 2 amide bonds. The Morgan fingerprint density at radius 1 is 1.30 bits per heavy atom. The predicted octanol–water partition coefficient (Wildman–Crippen LogP) is 3.70. The normalized spacial score (nSPS) is 13.3. The first-order chi connectivity index (χ1) is 13.0. The molecular weight excluding hydrogens is 366 g/mol. The van der Waals surface area contributed by atoms with Gasteiger partial charge in [-0.15, -0.1) is 0 Å². The van der Waals surface area contributed by atoms with Crippen molar-refractivity contribution in [2.24, 2.45) is 0 Å². The van der Waals surface area contributed by atoms with Gasteiger partial charge in [-0.1, -0.05) is 11.3 Å². The number of carbonyl (C=O) groups excluding carboxylic acids is 2. The second kappa shape index (κ2) is 8.39. The molecule has 0 fully saturated rings. The van der Waals surface area contributed by atoms with Crippen LogP contribution in [0.1, 0.15) is 41.7 Å². The number of hydrogen-bond acceptors (Lipinski definition) is 6. The zero-order valence-corrected chi connectivity index (χ0v) is 16.5. The number of nitrogens with one attached hydrogen (secondary N) is 1. The largest absolute Gasteiger partial charge is 0.491 e. The summed E-state index contributed by atoms with van der Waals surface area (Å²) < 4.78 is 10.6. The van der Waals surface area contributed by atoms with Gasteiger partial charge < -0.3 is 14.4 Å². The minimum Gasteiger partial charge on any atom is -0.491 e. The molecule has 0 spiro atoms. The van der Waals surface area contributed by atoms with E-state index in [2.05, 4.69) is 10.3 Å². The van der Waals surface area contributed by atoms with Gasteiger partial charge in [-0.2, -0.15) is 0 Å². The van der Waals surface area contributed by atoms with E-state index in [0.29, 0.717) is 36.8 Å². The van der Waals surface area contributed by atoms with Gasteiger partial charge in [0, 0.05) is 23.4 Å². The van der Waals surface area contributed by atoms with E-state index in [4.69, 9.17) is 9.47 Å². The monoisotopic (exact) mass is 389 g/mol. The molecule has 0 atom stereocenters. The summed E-state index contributed by atoms with van der Waals surface area (Å²) in [4.78, 5) is 31.5. The fourth-order valence-electron chi connectivity index (χ4n) is 2.75. The molecule has 0 bridgehead atoms. The summed E-state index contributed by atoms with van der Waals surface area (Å²) >= 11 is 1.39. The summed E-state index contributed by atoms with van der Waals surface area (Å²) in [6.45, 7) is 7.08. The third-order valence-corrected chi connectivity index (χ3v) is 4.96. The maximum atomic E-state index is 12.4. The molecular formula is C19H23N3O4S. The summed E-state index contributed by atoms with van der Waals surface area (Å²) in [5.41, 5.74) is 1.46. The third kappa shape index (κ3) is 4.77. The highest BCUT2D eigenvalue weighted by Gasteiger charge is 2.25. The number of benzene rings is 1. The van der Waals surface area contributed by atoms with Crippen LogP contribution in [0.3, 0.4) is 0 Å². The number of amides is 2. The van der Waals surface area contributed by atoms with Crippen LogP contribution in [-0.4, -0.2) is 41.1 Å². The first-order valence-electron chi connectivity index (χ1n) is 8.94. The first-order valence-corrected chi connectivity index (χ1v) is 9.76. The third-order valence-electron chi connectivity index (χ3n) is 3.97. The van der Waals surface area contributed by atoms with Crippen molar-refractivity contribution < 1.29 is 19.1 Å². The van der Waals surface area contributed by atoms with E-state index >= 15 is 0 Å². The maximum Gasteiger partial charge on any atom is 0.410 e. The van der Waals surface area contributed by atoms with Crippen molar-refractivity contribution in [2.45, 2.75) is 39.8 Å². The number of ether oxygens (including phenoxy) is 2. The quantitative estimate of drug-likeness (QED) is 0.843. The molecule has 3 rings (SSSR count). The Bertz CT molecular complexity index is 817.